The summed E-state index contributed by atoms with van der Waals surface area (Å²) in [7, 11) is 0. The van der Waals surface area contributed by atoms with Crippen LogP contribution in [0.2, 0.25) is 0 Å². The molecule has 1 aliphatic carbocycles. The van der Waals surface area contributed by atoms with Gasteiger partial charge in [0.25, 0.3) is 0 Å². The fraction of sp³-hybridized carbons (Fsp3) is 0.0435. The number of allylic oxidation sites excluding steroid dienone is 4. The number of hydrogen-bond donors (Lipinski definition) is 0. The molecule has 0 heterocycles. The van der Waals surface area contributed by atoms with Crippen LogP contribution >= 0.6 is 0 Å². The zero-order valence-electron chi connectivity index (χ0n) is 14.8. The van der Waals surface area contributed by atoms with Crippen molar-refractivity contribution in [3.8, 4) is 17.2 Å². The first kappa shape index (κ1) is 22.3. The number of hydrogen-bond acceptors (Lipinski definition) is 3. The van der Waals surface area contributed by atoms with Gasteiger partial charge in [0, 0.05) is 0 Å². The minimum atomic E-state index is 0.0718. The molecular formula is C23H20O3Ti. The Bertz CT molecular complexity index is 696. The molecule has 0 aromatic heterocycles. The van der Waals surface area contributed by atoms with Crippen molar-refractivity contribution in [2.24, 2.45) is 0 Å². The van der Waals surface area contributed by atoms with E-state index in [1.54, 1.807) is 36.4 Å². The van der Waals surface area contributed by atoms with Crippen LogP contribution in [0.3, 0.4) is 0 Å². The Morgan fingerprint density at radius 1 is 0.556 bits per heavy atom. The SMILES string of the molecule is [O-]c1ccccc1.[O-]c1ccccc1.[O-]c1ccccc1.[Ti+3][C]1=CC=CC1. The third-order valence-corrected chi connectivity index (χ3v) is 3.58. The van der Waals surface area contributed by atoms with E-state index in [1.807, 2.05) is 18.2 Å². The van der Waals surface area contributed by atoms with Gasteiger partial charge in [-0.2, -0.15) is 0 Å². The third-order valence-electron chi connectivity index (χ3n) is 3.00. The molecule has 4 rings (SSSR count). The summed E-state index contributed by atoms with van der Waals surface area (Å²) >= 11 is 2.14. The van der Waals surface area contributed by atoms with Crippen molar-refractivity contribution < 1.29 is 35.8 Å². The number of rotatable bonds is 0. The quantitative estimate of drug-likeness (QED) is 0.549. The monoisotopic (exact) mass is 392 g/mol. The van der Waals surface area contributed by atoms with Gasteiger partial charge in [0.15, 0.2) is 0 Å². The van der Waals surface area contributed by atoms with Crippen molar-refractivity contribution in [1.82, 2.24) is 0 Å². The van der Waals surface area contributed by atoms with Crippen LogP contribution in [0, 0.1) is 0 Å². The molecule has 0 saturated heterocycles. The maximum absolute atomic E-state index is 10.3. The predicted octanol–water partition coefficient (Wildman–Crippen LogP) is 3.66. The fourth-order valence-electron chi connectivity index (χ4n) is 1.71. The van der Waals surface area contributed by atoms with Crippen molar-refractivity contribution in [2.45, 2.75) is 6.42 Å². The van der Waals surface area contributed by atoms with Gasteiger partial charge in [-0.3, -0.25) is 0 Å². The Kier molecular flexibility index (Phi) is 11.9. The zero-order valence-corrected chi connectivity index (χ0v) is 16.4. The van der Waals surface area contributed by atoms with Gasteiger partial charge in [-0.15, -0.1) is 17.2 Å². The topological polar surface area (TPSA) is 69.2 Å². The van der Waals surface area contributed by atoms with E-state index in [2.05, 4.69) is 38.7 Å². The van der Waals surface area contributed by atoms with Crippen LogP contribution in [0.15, 0.2) is 113 Å². The molecule has 27 heavy (non-hydrogen) atoms. The molecule has 0 amide bonds. The summed E-state index contributed by atoms with van der Waals surface area (Å²) in [4.78, 5) is 0. The van der Waals surface area contributed by atoms with Gasteiger partial charge in [-0.1, -0.05) is 91.0 Å². The van der Waals surface area contributed by atoms with Gasteiger partial charge in [0.2, 0.25) is 0 Å². The Morgan fingerprint density at radius 3 is 1.00 bits per heavy atom. The average Bonchev–Trinajstić information content (AvgIpc) is 3.16. The Balaban J connectivity index is 0.000000180. The van der Waals surface area contributed by atoms with Crippen LogP contribution in [-0.4, -0.2) is 0 Å². The van der Waals surface area contributed by atoms with Crippen molar-refractivity contribution in [3.05, 3.63) is 113 Å². The van der Waals surface area contributed by atoms with Crippen LogP contribution in [0.4, 0.5) is 0 Å². The van der Waals surface area contributed by atoms with E-state index in [0.717, 1.165) is 0 Å². The van der Waals surface area contributed by atoms with Crippen LogP contribution in [-0.2, 0) is 20.4 Å². The Morgan fingerprint density at radius 2 is 0.889 bits per heavy atom. The summed E-state index contributed by atoms with van der Waals surface area (Å²) in [6.45, 7) is 0. The molecule has 1 aliphatic rings. The summed E-state index contributed by atoms with van der Waals surface area (Å²) in [6.07, 6.45) is 7.56. The zero-order chi connectivity index (χ0) is 19.7. The second kappa shape index (κ2) is 14.4. The van der Waals surface area contributed by atoms with E-state index in [1.165, 1.54) is 46.7 Å². The minimum absolute atomic E-state index is 0.0718. The Hall–Kier alpha value is -2.75. The molecule has 0 aliphatic heterocycles. The molecule has 3 aromatic rings. The van der Waals surface area contributed by atoms with Crippen molar-refractivity contribution >= 4 is 0 Å². The first-order chi connectivity index (χ1) is 13.1. The summed E-state index contributed by atoms with van der Waals surface area (Å²) < 4.78 is 1.47. The molecule has 4 heteroatoms. The van der Waals surface area contributed by atoms with Crippen molar-refractivity contribution in [2.75, 3.05) is 0 Å². The molecule has 134 valence electrons. The molecule has 3 aromatic carbocycles. The van der Waals surface area contributed by atoms with Gasteiger partial charge in [-0.25, -0.2) is 0 Å². The Labute approximate surface area is 172 Å². The van der Waals surface area contributed by atoms with Crippen LogP contribution in [0.1, 0.15) is 6.42 Å². The molecule has 0 N–H and O–H groups in total. The van der Waals surface area contributed by atoms with Gasteiger partial charge < -0.3 is 15.3 Å². The summed E-state index contributed by atoms with van der Waals surface area (Å²) in [5.41, 5.74) is 0. The van der Waals surface area contributed by atoms with Crippen LogP contribution in [0.5, 0.6) is 17.2 Å². The van der Waals surface area contributed by atoms with E-state index in [-0.39, 0.29) is 17.2 Å². The van der Waals surface area contributed by atoms with E-state index >= 15 is 0 Å². The van der Waals surface area contributed by atoms with Crippen molar-refractivity contribution in [3.63, 3.8) is 0 Å². The second-order valence-corrected chi connectivity index (χ2v) is 6.27. The third kappa shape index (κ3) is 13.2. The molecule has 0 bridgehead atoms. The van der Waals surface area contributed by atoms with E-state index in [0.29, 0.717) is 0 Å². The fourth-order valence-corrected chi connectivity index (χ4v) is 2.04. The molecular weight excluding hydrogens is 372 g/mol. The summed E-state index contributed by atoms with van der Waals surface area (Å²) in [5, 5.41) is 30.8. The maximum atomic E-state index is 10.3. The average molecular weight is 392 g/mol. The van der Waals surface area contributed by atoms with Gasteiger partial charge in [0.1, 0.15) is 0 Å². The standard InChI is InChI=1S/3C6H6O.C5H5.Ti/c3*7-6-4-2-1-3-5-6;1-2-4-5-3-1;/h3*1-5,7H;1-3H,4H2;/q;;;;+3/p-3. The molecule has 0 radical (unpaired) electrons. The van der Waals surface area contributed by atoms with Crippen LogP contribution < -0.4 is 15.3 Å². The van der Waals surface area contributed by atoms with Gasteiger partial charge >= 0.3 is 49.0 Å². The molecule has 0 atom stereocenters. The predicted molar refractivity (Wildman–Crippen MR) is 99.5 cm³/mol. The second-order valence-electron chi connectivity index (χ2n) is 5.26. The van der Waals surface area contributed by atoms with E-state index in [4.69, 9.17) is 0 Å². The van der Waals surface area contributed by atoms with Gasteiger partial charge in [0.05, 0.1) is 0 Å². The molecule has 0 fully saturated rings. The first-order valence-corrected chi connectivity index (χ1v) is 9.09. The van der Waals surface area contributed by atoms with Crippen molar-refractivity contribution in [1.29, 1.82) is 0 Å². The number of benzene rings is 3. The normalized spacial score (nSPS) is 10.8. The van der Waals surface area contributed by atoms with Crippen LogP contribution in [0.25, 0.3) is 0 Å². The molecule has 0 spiro atoms. The number of para-hydroxylation sites is 3. The van der Waals surface area contributed by atoms with E-state index < -0.39 is 0 Å². The summed E-state index contributed by atoms with van der Waals surface area (Å²) in [6, 6.07) is 25.0. The van der Waals surface area contributed by atoms with Gasteiger partial charge in [-0.05, 0) is 0 Å². The summed E-state index contributed by atoms with van der Waals surface area (Å²) in [5.74, 6) is 0.215. The molecule has 0 saturated carbocycles. The first-order valence-electron chi connectivity index (χ1n) is 8.31. The molecule has 0 unspecified atom stereocenters. The molecule has 3 nitrogen and oxygen atoms in total. The van der Waals surface area contributed by atoms with E-state index in [9.17, 15) is 15.3 Å².